The van der Waals surface area contributed by atoms with Crippen molar-refractivity contribution in [3.63, 3.8) is 0 Å². The highest BCUT2D eigenvalue weighted by Gasteiger charge is 2.27. The number of methoxy groups -OCH3 is 1. The summed E-state index contributed by atoms with van der Waals surface area (Å²) in [5, 5.41) is 25.6. The minimum absolute atomic E-state index is 0.000436. The molecule has 2 atom stereocenters. The predicted octanol–water partition coefficient (Wildman–Crippen LogP) is 4.67. The third-order valence-electron chi connectivity index (χ3n) is 7.14. The van der Waals surface area contributed by atoms with Gasteiger partial charge < -0.3 is 25.0 Å². The molecule has 0 saturated heterocycles. The quantitative estimate of drug-likeness (QED) is 0.170. The number of hydrogen-bond acceptors (Lipinski definition) is 7. The molecule has 2 unspecified atom stereocenters. The standard InChI is InChI=1S/C31H34N4O6/c1-20-15-24(8-10-27(20)21(2)19-36)29(33-25-9-7-23-11-12-32-30(37)28(23)17-25)31(38)34(13-14-41-3)18-22-5-4-6-26(16-22)35(39)40/h4-12,15-17,21,29,33,36H,13-14,18-19H2,1-3H3,(H,32,37). The Labute approximate surface area is 237 Å². The van der Waals surface area contributed by atoms with Crippen LogP contribution in [0.3, 0.4) is 0 Å². The van der Waals surface area contributed by atoms with Gasteiger partial charge in [-0.15, -0.1) is 0 Å². The second-order valence-corrected chi connectivity index (χ2v) is 10.1. The van der Waals surface area contributed by atoms with Gasteiger partial charge in [-0.3, -0.25) is 19.7 Å². The van der Waals surface area contributed by atoms with Crippen molar-refractivity contribution in [2.45, 2.75) is 32.4 Å². The van der Waals surface area contributed by atoms with E-state index >= 15 is 0 Å². The number of hydrogen-bond donors (Lipinski definition) is 3. The molecule has 41 heavy (non-hydrogen) atoms. The van der Waals surface area contributed by atoms with E-state index in [0.717, 1.165) is 16.5 Å². The maximum absolute atomic E-state index is 14.3. The molecule has 10 heteroatoms. The number of rotatable bonds is 12. The number of nitro benzene ring substituents is 1. The van der Waals surface area contributed by atoms with E-state index in [4.69, 9.17) is 4.74 Å². The van der Waals surface area contributed by atoms with Crippen LogP contribution in [0.2, 0.25) is 0 Å². The molecule has 214 valence electrons. The second-order valence-electron chi connectivity index (χ2n) is 10.1. The maximum Gasteiger partial charge on any atom is 0.269 e. The monoisotopic (exact) mass is 558 g/mol. The summed E-state index contributed by atoms with van der Waals surface area (Å²) in [5.41, 5.74) is 3.52. The first kappa shape index (κ1) is 29.4. The zero-order valence-electron chi connectivity index (χ0n) is 23.3. The number of aromatic amines is 1. The van der Waals surface area contributed by atoms with Crippen LogP contribution in [0.25, 0.3) is 10.8 Å². The molecule has 0 radical (unpaired) electrons. The van der Waals surface area contributed by atoms with Crippen LogP contribution in [0.5, 0.6) is 0 Å². The average Bonchev–Trinajstić information content (AvgIpc) is 2.97. The van der Waals surface area contributed by atoms with Crippen LogP contribution in [0.4, 0.5) is 11.4 Å². The van der Waals surface area contributed by atoms with E-state index in [2.05, 4.69) is 10.3 Å². The second kappa shape index (κ2) is 13.2. The molecule has 0 aliphatic rings. The van der Waals surface area contributed by atoms with Gasteiger partial charge >= 0.3 is 0 Å². The fraction of sp³-hybridized carbons (Fsp3) is 0.290. The van der Waals surface area contributed by atoms with E-state index in [1.165, 1.54) is 12.1 Å². The molecular formula is C31H34N4O6. The van der Waals surface area contributed by atoms with Gasteiger partial charge in [-0.25, -0.2) is 0 Å². The SMILES string of the molecule is COCCN(Cc1cccc([N+](=O)[O-])c1)C(=O)C(Nc1ccc2cc[nH]c(=O)c2c1)c1ccc(C(C)CO)c(C)c1. The van der Waals surface area contributed by atoms with E-state index in [-0.39, 0.29) is 49.4 Å². The maximum atomic E-state index is 14.3. The molecule has 0 bridgehead atoms. The van der Waals surface area contributed by atoms with Gasteiger partial charge in [-0.1, -0.05) is 43.3 Å². The number of nitro groups is 1. The summed E-state index contributed by atoms with van der Waals surface area (Å²) in [6.07, 6.45) is 1.59. The van der Waals surface area contributed by atoms with Gasteiger partial charge in [0.05, 0.1) is 11.5 Å². The Morgan fingerprint density at radius 1 is 1.15 bits per heavy atom. The Kier molecular flexibility index (Phi) is 9.49. The summed E-state index contributed by atoms with van der Waals surface area (Å²) < 4.78 is 5.28. The van der Waals surface area contributed by atoms with Crippen molar-refractivity contribution in [3.05, 3.63) is 116 Å². The van der Waals surface area contributed by atoms with Crippen LogP contribution in [-0.4, -0.2) is 52.7 Å². The van der Waals surface area contributed by atoms with E-state index in [1.54, 1.807) is 42.5 Å². The van der Waals surface area contributed by atoms with Crippen molar-refractivity contribution in [2.75, 3.05) is 32.2 Å². The number of carbonyl (C=O) groups is 1. The summed E-state index contributed by atoms with van der Waals surface area (Å²) in [4.78, 5) is 41.9. The van der Waals surface area contributed by atoms with Crippen molar-refractivity contribution < 1.29 is 19.6 Å². The van der Waals surface area contributed by atoms with E-state index < -0.39 is 11.0 Å². The topological polar surface area (TPSA) is 138 Å². The van der Waals surface area contributed by atoms with Crippen LogP contribution in [-0.2, 0) is 16.1 Å². The molecule has 4 aromatic rings. The van der Waals surface area contributed by atoms with E-state index in [0.29, 0.717) is 22.2 Å². The van der Waals surface area contributed by atoms with Crippen molar-refractivity contribution in [2.24, 2.45) is 0 Å². The lowest BCUT2D eigenvalue weighted by molar-refractivity contribution is -0.384. The molecule has 0 aliphatic carbocycles. The minimum Gasteiger partial charge on any atom is -0.396 e. The molecule has 3 N–H and O–H groups in total. The lowest BCUT2D eigenvalue weighted by atomic mass is 9.93. The molecule has 10 nitrogen and oxygen atoms in total. The van der Waals surface area contributed by atoms with Crippen LogP contribution in [0, 0.1) is 17.0 Å². The number of nitrogens with zero attached hydrogens (tertiary/aromatic N) is 2. The third kappa shape index (κ3) is 6.97. The fourth-order valence-electron chi connectivity index (χ4n) is 4.90. The number of amides is 1. The molecule has 0 fully saturated rings. The van der Waals surface area contributed by atoms with Gasteiger partial charge in [0.15, 0.2) is 0 Å². The van der Waals surface area contributed by atoms with Gasteiger partial charge in [0.1, 0.15) is 6.04 Å². The first-order valence-corrected chi connectivity index (χ1v) is 13.3. The van der Waals surface area contributed by atoms with Crippen molar-refractivity contribution in [1.29, 1.82) is 0 Å². The summed E-state index contributed by atoms with van der Waals surface area (Å²) in [6, 6.07) is 18.2. The average molecular weight is 559 g/mol. The molecule has 1 heterocycles. The third-order valence-corrected chi connectivity index (χ3v) is 7.14. The Morgan fingerprint density at radius 2 is 1.95 bits per heavy atom. The smallest absolute Gasteiger partial charge is 0.269 e. The number of pyridine rings is 1. The molecule has 0 aliphatic heterocycles. The Bertz CT molecular complexity index is 1600. The summed E-state index contributed by atoms with van der Waals surface area (Å²) in [7, 11) is 1.54. The number of aromatic nitrogens is 1. The van der Waals surface area contributed by atoms with Gasteiger partial charge in [0.2, 0.25) is 5.91 Å². The highest BCUT2D eigenvalue weighted by molar-refractivity contribution is 5.89. The highest BCUT2D eigenvalue weighted by atomic mass is 16.6. The first-order valence-electron chi connectivity index (χ1n) is 13.3. The molecule has 0 saturated carbocycles. The van der Waals surface area contributed by atoms with Crippen molar-refractivity contribution in [3.8, 4) is 0 Å². The first-order chi connectivity index (χ1) is 19.7. The summed E-state index contributed by atoms with van der Waals surface area (Å²) in [5.74, 6) is -0.330. The number of aliphatic hydroxyl groups excluding tert-OH is 1. The van der Waals surface area contributed by atoms with Crippen LogP contribution in [0.15, 0.2) is 77.7 Å². The van der Waals surface area contributed by atoms with Crippen LogP contribution >= 0.6 is 0 Å². The van der Waals surface area contributed by atoms with Crippen LogP contribution in [0.1, 0.15) is 41.1 Å². The lowest BCUT2D eigenvalue weighted by Gasteiger charge is -2.29. The number of benzene rings is 3. The molecule has 4 rings (SSSR count). The van der Waals surface area contributed by atoms with Gasteiger partial charge in [0.25, 0.3) is 11.2 Å². The molecular weight excluding hydrogens is 524 g/mol. The normalized spacial score (nSPS) is 12.6. The fourth-order valence-corrected chi connectivity index (χ4v) is 4.90. The van der Waals surface area contributed by atoms with E-state index in [1.807, 2.05) is 44.2 Å². The number of fused-ring (bicyclic) bond motifs is 1. The van der Waals surface area contributed by atoms with Crippen LogP contribution < -0.4 is 10.9 Å². The predicted molar refractivity (Wildman–Crippen MR) is 158 cm³/mol. The van der Waals surface area contributed by atoms with Crippen molar-refractivity contribution >= 4 is 28.1 Å². The zero-order valence-corrected chi connectivity index (χ0v) is 23.3. The van der Waals surface area contributed by atoms with E-state index in [9.17, 15) is 24.8 Å². The van der Waals surface area contributed by atoms with Crippen molar-refractivity contribution in [1.82, 2.24) is 9.88 Å². The minimum atomic E-state index is -0.844. The Morgan fingerprint density at radius 3 is 2.66 bits per heavy atom. The summed E-state index contributed by atoms with van der Waals surface area (Å²) in [6.45, 7) is 4.53. The number of nitrogens with one attached hydrogen (secondary N) is 2. The number of ether oxygens (including phenoxy) is 1. The number of H-pyrrole nitrogens is 1. The number of carbonyl (C=O) groups excluding carboxylic acids is 1. The van der Waals surface area contributed by atoms with Gasteiger partial charge in [0, 0.05) is 62.1 Å². The van der Waals surface area contributed by atoms with Gasteiger partial charge in [-0.2, -0.15) is 0 Å². The molecule has 3 aromatic carbocycles. The molecule has 1 aromatic heterocycles. The summed E-state index contributed by atoms with van der Waals surface area (Å²) >= 11 is 0. The molecule has 0 spiro atoms. The number of aryl methyl sites for hydroxylation is 1. The molecule has 1 amide bonds. The number of anilines is 1. The Balaban J connectivity index is 1.75. The van der Waals surface area contributed by atoms with Gasteiger partial charge in [-0.05, 0) is 52.8 Å². The highest BCUT2D eigenvalue weighted by Crippen LogP contribution is 2.29. The largest absolute Gasteiger partial charge is 0.396 e. The Hall–Kier alpha value is -4.54. The lowest BCUT2D eigenvalue weighted by Crippen LogP contribution is -2.39. The number of aliphatic hydroxyl groups is 1. The number of non-ortho nitro benzene ring substituents is 1. The zero-order chi connectivity index (χ0) is 29.5.